The third kappa shape index (κ3) is 7.60. The van der Waals surface area contributed by atoms with E-state index in [1.54, 1.807) is 23.1 Å². The standard InChI is InChI=1S/C21H30N6O2.HI/c1-3-22-20(24-16-21(2)9-5-12-29-21)23-14-17-7-4-8-18(13-17)26-19(28)15-27-11-6-10-25-27;/h4,6-8,10-11,13H,3,5,9,12,14-16H2,1-2H3,(H,26,28)(H2,22,23,24);1H. The number of aliphatic imine (C=N–C) groups is 1. The molecule has 1 aromatic heterocycles. The second-order valence-corrected chi connectivity index (χ2v) is 7.40. The molecule has 8 nitrogen and oxygen atoms in total. The lowest BCUT2D eigenvalue weighted by molar-refractivity contribution is -0.116. The van der Waals surface area contributed by atoms with Crippen LogP contribution in [0.2, 0.25) is 0 Å². The first-order valence-corrected chi connectivity index (χ1v) is 10.1. The number of carbonyl (C=O) groups is 1. The predicted molar refractivity (Wildman–Crippen MR) is 129 cm³/mol. The smallest absolute Gasteiger partial charge is 0.246 e. The molecule has 9 heteroatoms. The summed E-state index contributed by atoms with van der Waals surface area (Å²) < 4.78 is 7.42. The molecule has 1 fully saturated rings. The third-order valence-corrected chi connectivity index (χ3v) is 4.77. The lowest BCUT2D eigenvalue weighted by atomic mass is 10.0. The van der Waals surface area contributed by atoms with E-state index in [1.165, 1.54) is 0 Å². The van der Waals surface area contributed by atoms with Gasteiger partial charge in [-0.25, -0.2) is 4.99 Å². The quantitative estimate of drug-likeness (QED) is 0.280. The molecular formula is C21H31IN6O2. The van der Waals surface area contributed by atoms with Gasteiger partial charge in [0, 0.05) is 37.8 Å². The van der Waals surface area contributed by atoms with E-state index in [1.807, 2.05) is 31.2 Å². The average Bonchev–Trinajstić information content (AvgIpc) is 3.36. The van der Waals surface area contributed by atoms with Gasteiger partial charge in [-0.2, -0.15) is 5.10 Å². The van der Waals surface area contributed by atoms with E-state index in [0.29, 0.717) is 6.54 Å². The van der Waals surface area contributed by atoms with Gasteiger partial charge < -0.3 is 20.7 Å². The Kier molecular flexibility index (Phi) is 9.57. The van der Waals surface area contributed by atoms with Crippen molar-refractivity contribution in [2.75, 3.05) is 25.0 Å². The van der Waals surface area contributed by atoms with Crippen LogP contribution in [0.4, 0.5) is 5.69 Å². The summed E-state index contributed by atoms with van der Waals surface area (Å²) in [5, 5.41) is 13.6. The number of benzene rings is 1. The number of nitrogens with one attached hydrogen (secondary N) is 3. The molecule has 1 unspecified atom stereocenters. The third-order valence-electron chi connectivity index (χ3n) is 4.77. The normalized spacial score (nSPS) is 18.5. The molecule has 1 aliphatic rings. The number of guanidine groups is 1. The largest absolute Gasteiger partial charge is 0.373 e. The number of aromatic nitrogens is 2. The maximum absolute atomic E-state index is 12.2. The van der Waals surface area contributed by atoms with Crippen LogP contribution in [0.25, 0.3) is 0 Å². The second kappa shape index (κ2) is 11.9. The van der Waals surface area contributed by atoms with E-state index in [0.717, 1.165) is 49.7 Å². The van der Waals surface area contributed by atoms with Crippen molar-refractivity contribution in [2.45, 2.75) is 45.4 Å². The summed E-state index contributed by atoms with van der Waals surface area (Å²) in [5.41, 5.74) is 1.64. The highest BCUT2D eigenvalue weighted by atomic mass is 127. The van der Waals surface area contributed by atoms with Crippen LogP contribution in [0.1, 0.15) is 32.3 Å². The van der Waals surface area contributed by atoms with Crippen molar-refractivity contribution < 1.29 is 9.53 Å². The van der Waals surface area contributed by atoms with Crippen molar-refractivity contribution >= 4 is 41.5 Å². The van der Waals surface area contributed by atoms with Gasteiger partial charge >= 0.3 is 0 Å². The van der Waals surface area contributed by atoms with Crippen LogP contribution in [-0.2, 0) is 22.6 Å². The summed E-state index contributed by atoms with van der Waals surface area (Å²) >= 11 is 0. The minimum atomic E-state index is -0.130. The topological polar surface area (TPSA) is 92.6 Å². The first kappa shape index (κ1) is 24.1. The van der Waals surface area contributed by atoms with Gasteiger partial charge in [-0.3, -0.25) is 9.48 Å². The predicted octanol–water partition coefficient (Wildman–Crippen LogP) is 2.76. The number of amides is 1. The molecule has 1 saturated heterocycles. The van der Waals surface area contributed by atoms with Gasteiger partial charge in [0.05, 0.1) is 12.1 Å². The van der Waals surface area contributed by atoms with E-state index in [2.05, 4.69) is 33.0 Å². The van der Waals surface area contributed by atoms with Crippen molar-refractivity contribution in [3.8, 4) is 0 Å². The molecule has 164 valence electrons. The molecule has 1 amide bonds. The molecule has 2 aromatic rings. The molecular weight excluding hydrogens is 495 g/mol. The minimum Gasteiger partial charge on any atom is -0.373 e. The molecule has 2 heterocycles. The van der Waals surface area contributed by atoms with Gasteiger partial charge in [0.1, 0.15) is 6.54 Å². The zero-order valence-corrected chi connectivity index (χ0v) is 19.9. The van der Waals surface area contributed by atoms with E-state index in [-0.39, 0.29) is 42.0 Å². The van der Waals surface area contributed by atoms with Crippen LogP contribution in [0.15, 0.2) is 47.7 Å². The molecule has 1 atom stereocenters. The molecule has 0 bridgehead atoms. The highest BCUT2D eigenvalue weighted by Crippen LogP contribution is 2.23. The van der Waals surface area contributed by atoms with E-state index >= 15 is 0 Å². The Morgan fingerprint density at radius 2 is 2.20 bits per heavy atom. The van der Waals surface area contributed by atoms with Crippen molar-refractivity contribution in [2.24, 2.45) is 4.99 Å². The number of nitrogens with zero attached hydrogens (tertiary/aromatic N) is 3. The van der Waals surface area contributed by atoms with E-state index < -0.39 is 0 Å². The molecule has 0 aliphatic carbocycles. The van der Waals surface area contributed by atoms with E-state index in [9.17, 15) is 4.79 Å². The molecule has 0 radical (unpaired) electrons. The number of hydrogen-bond donors (Lipinski definition) is 3. The molecule has 1 aliphatic heterocycles. The Hall–Kier alpha value is -2.14. The number of ether oxygens (including phenoxy) is 1. The first-order chi connectivity index (χ1) is 14.1. The summed E-state index contributed by atoms with van der Waals surface area (Å²) in [4.78, 5) is 16.8. The Morgan fingerprint density at radius 1 is 1.33 bits per heavy atom. The minimum absolute atomic E-state index is 0. The molecule has 1 aromatic carbocycles. The van der Waals surface area contributed by atoms with Gasteiger partial charge in [-0.05, 0) is 50.5 Å². The van der Waals surface area contributed by atoms with Gasteiger partial charge in [0.15, 0.2) is 5.96 Å². The lowest BCUT2D eigenvalue weighted by Gasteiger charge is -2.24. The zero-order valence-electron chi connectivity index (χ0n) is 17.6. The summed E-state index contributed by atoms with van der Waals surface area (Å²) in [6.07, 6.45) is 5.57. The first-order valence-electron chi connectivity index (χ1n) is 10.1. The van der Waals surface area contributed by atoms with Gasteiger partial charge in [-0.1, -0.05) is 12.1 Å². The Balaban J connectivity index is 0.00000320. The van der Waals surface area contributed by atoms with Gasteiger partial charge in [0.25, 0.3) is 0 Å². The fourth-order valence-electron chi connectivity index (χ4n) is 3.25. The van der Waals surface area contributed by atoms with Crippen LogP contribution < -0.4 is 16.0 Å². The van der Waals surface area contributed by atoms with Crippen LogP contribution >= 0.6 is 24.0 Å². The molecule has 3 N–H and O–H groups in total. The zero-order chi connectivity index (χ0) is 20.5. The fraction of sp³-hybridized carbons (Fsp3) is 0.476. The maximum Gasteiger partial charge on any atom is 0.246 e. The monoisotopic (exact) mass is 526 g/mol. The van der Waals surface area contributed by atoms with Crippen molar-refractivity contribution in [1.82, 2.24) is 20.4 Å². The summed E-state index contributed by atoms with van der Waals surface area (Å²) in [6, 6.07) is 9.52. The SMILES string of the molecule is CCNC(=NCc1cccc(NC(=O)Cn2cccn2)c1)NCC1(C)CCCO1.I. The average molecular weight is 526 g/mol. The number of hydrogen-bond acceptors (Lipinski definition) is 4. The van der Waals surface area contributed by atoms with Crippen molar-refractivity contribution in [3.05, 3.63) is 48.3 Å². The molecule has 0 saturated carbocycles. The van der Waals surface area contributed by atoms with E-state index in [4.69, 9.17) is 4.74 Å². The summed E-state index contributed by atoms with van der Waals surface area (Å²) in [7, 11) is 0. The Morgan fingerprint density at radius 3 is 2.90 bits per heavy atom. The molecule has 3 rings (SSSR count). The highest BCUT2D eigenvalue weighted by Gasteiger charge is 2.29. The van der Waals surface area contributed by atoms with Crippen LogP contribution in [-0.4, -0.2) is 46.9 Å². The van der Waals surface area contributed by atoms with Crippen LogP contribution in [0.3, 0.4) is 0 Å². The molecule has 30 heavy (non-hydrogen) atoms. The fourth-order valence-corrected chi connectivity index (χ4v) is 3.25. The van der Waals surface area contributed by atoms with Crippen LogP contribution in [0, 0.1) is 0 Å². The second-order valence-electron chi connectivity index (χ2n) is 7.40. The number of anilines is 1. The van der Waals surface area contributed by atoms with Gasteiger partial charge in [0.2, 0.25) is 5.91 Å². The Bertz CT molecular complexity index is 819. The Labute approximate surface area is 194 Å². The highest BCUT2D eigenvalue weighted by molar-refractivity contribution is 14.0. The van der Waals surface area contributed by atoms with Crippen LogP contribution in [0.5, 0.6) is 0 Å². The lowest BCUT2D eigenvalue weighted by Crippen LogP contribution is -2.45. The van der Waals surface area contributed by atoms with Crippen molar-refractivity contribution in [3.63, 3.8) is 0 Å². The van der Waals surface area contributed by atoms with Gasteiger partial charge in [-0.15, -0.1) is 24.0 Å². The number of halogens is 1. The number of rotatable bonds is 8. The summed E-state index contributed by atoms with van der Waals surface area (Å²) in [6.45, 7) is 7.20. The molecule has 0 spiro atoms. The maximum atomic E-state index is 12.2. The van der Waals surface area contributed by atoms with Crippen molar-refractivity contribution in [1.29, 1.82) is 0 Å². The number of carbonyl (C=O) groups excluding carboxylic acids is 1. The summed E-state index contributed by atoms with van der Waals surface area (Å²) in [5.74, 6) is 0.645.